The lowest BCUT2D eigenvalue weighted by molar-refractivity contribution is -0.184. The van der Waals surface area contributed by atoms with Crippen LogP contribution in [0.4, 0.5) is 0 Å². The van der Waals surface area contributed by atoms with Gasteiger partial charge in [-0.1, -0.05) is 20.3 Å². The highest BCUT2D eigenvalue weighted by atomic mass is 16.5. The summed E-state index contributed by atoms with van der Waals surface area (Å²) in [5.74, 6) is 3.24. The van der Waals surface area contributed by atoms with Gasteiger partial charge in [0, 0.05) is 0 Å². The maximum atomic E-state index is 12.7. The van der Waals surface area contributed by atoms with E-state index in [0.717, 1.165) is 37.0 Å². The van der Waals surface area contributed by atoms with E-state index in [0.29, 0.717) is 12.5 Å². The summed E-state index contributed by atoms with van der Waals surface area (Å²) >= 11 is 0. The average molecular weight is 264 g/mol. The van der Waals surface area contributed by atoms with Crippen LogP contribution in [0.5, 0.6) is 0 Å². The summed E-state index contributed by atoms with van der Waals surface area (Å²) in [6.45, 7) is 4.95. The van der Waals surface area contributed by atoms with Crippen molar-refractivity contribution >= 4 is 5.97 Å². The van der Waals surface area contributed by atoms with Gasteiger partial charge in [-0.2, -0.15) is 0 Å². The van der Waals surface area contributed by atoms with E-state index in [1.165, 1.54) is 32.1 Å². The lowest BCUT2D eigenvalue weighted by atomic mass is 9.44. The molecule has 108 valence electrons. The third kappa shape index (κ3) is 2.11. The van der Waals surface area contributed by atoms with Crippen molar-refractivity contribution in [3.63, 3.8) is 0 Å². The van der Waals surface area contributed by atoms with E-state index in [2.05, 4.69) is 13.8 Å². The molecule has 3 atom stereocenters. The van der Waals surface area contributed by atoms with Gasteiger partial charge in [0.15, 0.2) is 0 Å². The summed E-state index contributed by atoms with van der Waals surface area (Å²) in [5, 5.41) is 0. The predicted molar refractivity (Wildman–Crippen MR) is 75.6 cm³/mol. The van der Waals surface area contributed by atoms with Gasteiger partial charge in [-0.25, -0.2) is 0 Å². The lowest BCUT2D eigenvalue weighted by Gasteiger charge is -2.60. The summed E-state index contributed by atoms with van der Waals surface area (Å²) in [6, 6.07) is 0. The van der Waals surface area contributed by atoms with Crippen molar-refractivity contribution in [3.8, 4) is 0 Å². The first kappa shape index (κ1) is 13.5. The molecule has 0 aromatic rings. The Bertz CT molecular complexity index is 335. The van der Waals surface area contributed by atoms with E-state index < -0.39 is 0 Å². The van der Waals surface area contributed by atoms with Crippen LogP contribution in [0.25, 0.3) is 0 Å². The molecule has 4 aliphatic rings. The molecule has 0 heterocycles. The third-order valence-electron chi connectivity index (χ3n) is 5.97. The van der Waals surface area contributed by atoms with Gasteiger partial charge < -0.3 is 4.74 Å². The molecule has 0 aromatic heterocycles. The van der Waals surface area contributed by atoms with Crippen LogP contribution >= 0.6 is 0 Å². The quantitative estimate of drug-likeness (QED) is 0.696. The molecule has 4 saturated carbocycles. The Kier molecular flexibility index (Phi) is 3.61. The van der Waals surface area contributed by atoms with Crippen molar-refractivity contribution in [2.24, 2.45) is 29.1 Å². The summed E-state index contributed by atoms with van der Waals surface area (Å²) in [7, 11) is 0. The van der Waals surface area contributed by atoms with E-state index >= 15 is 0 Å². The Morgan fingerprint density at radius 1 is 1.11 bits per heavy atom. The SMILES string of the molecule is CCCOC(=O)C12CC3CC(CC(C3)C1CCC)C2. The monoisotopic (exact) mass is 264 g/mol. The van der Waals surface area contributed by atoms with Crippen LogP contribution in [0.2, 0.25) is 0 Å². The summed E-state index contributed by atoms with van der Waals surface area (Å²) in [5.41, 5.74) is -0.0834. The number of esters is 1. The van der Waals surface area contributed by atoms with Gasteiger partial charge in [0.2, 0.25) is 0 Å². The molecule has 2 nitrogen and oxygen atoms in total. The van der Waals surface area contributed by atoms with Gasteiger partial charge in [0.05, 0.1) is 12.0 Å². The highest BCUT2D eigenvalue weighted by Gasteiger charge is 2.60. The molecule has 0 N–H and O–H groups in total. The van der Waals surface area contributed by atoms with Crippen LogP contribution in [-0.4, -0.2) is 12.6 Å². The second-order valence-corrected chi connectivity index (χ2v) is 7.29. The summed E-state index contributed by atoms with van der Waals surface area (Å²) in [4.78, 5) is 12.7. The highest BCUT2D eigenvalue weighted by Crippen LogP contribution is 2.64. The van der Waals surface area contributed by atoms with Gasteiger partial charge in [-0.05, 0) is 68.6 Å². The fourth-order valence-electron chi connectivity index (χ4n) is 5.63. The van der Waals surface area contributed by atoms with Crippen molar-refractivity contribution in [1.82, 2.24) is 0 Å². The standard InChI is InChI=1S/C17H28O2/c1-3-5-15-14-8-12-7-13(9-14)11-17(15,10-12)16(18)19-6-4-2/h12-15H,3-11H2,1-2H3. The minimum atomic E-state index is -0.0834. The van der Waals surface area contributed by atoms with Crippen molar-refractivity contribution < 1.29 is 9.53 Å². The Hall–Kier alpha value is -0.530. The zero-order valence-corrected chi connectivity index (χ0v) is 12.5. The van der Waals surface area contributed by atoms with E-state index in [1.54, 1.807) is 0 Å². The number of ether oxygens (including phenoxy) is 1. The summed E-state index contributed by atoms with van der Waals surface area (Å²) in [6.07, 6.45) is 9.81. The van der Waals surface area contributed by atoms with E-state index in [9.17, 15) is 4.79 Å². The van der Waals surface area contributed by atoms with Crippen LogP contribution in [0.15, 0.2) is 0 Å². The molecule has 4 bridgehead atoms. The smallest absolute Gasteiger partial charge is 0.312 e. The zero-order chi connectivity index (χ0) is 13.5. The van der Waals surface area contributed by atoms with Gasteiger partial charge >= 0.3 is 5.97 Å². The van der Waals surface area contributed by atoms with Crippen molar-refractivity contribution in [2.45, 2.75) is 65.2 Å². The Morgan fingerprint density at radius 2 is 1.79 bits per heavy atom. The molecular formula is C17H28O2. The first-order valence-electron chi connectivity index (χ1n) is 8.36. The van der Waals surface area contributed by atoms with Crippen molar-refractivity contribution in [3.05, 3.63) is 0 Å². The topological polar surface area (TPSA) is 26.3 Å². The molecular weight excluding hydrogens is 236 g/mol. The fourth-order valence-corrected chi connectivity index (χ4v) is 5.63. The fraction of sp³-hybridized carbons (Fsp3) is 0.941. The Labute approximate surface area is 117 Å². The predicted octanol–water partition coefficient (Wildman–Crippen LogP) is 4.18. The van der Waals surface area contributed by atoms with Crippen LogP contribution in [0.3, 0.4) is 0 Å². The second-order valence-electron chi connectivity index (χ2n) is 7.29. The van der Waals surface area contributed by atoms with Crippen LogP contribution in [-0.2, 0) is 9.53 Å². The molecule has 0 amide bonds. The molecule has 19 heavy (non-hydrogen) atoms. The first-order chi connectivity index (χ1) is 9.19. The maximum Gasteiger partial charge on any atom is 0.312 e. The molecule has 0 spiro atoms. The number of carbonyl (C=O) groups is 1. The number of carbonyl (C=O) groups excluding carboxylic acids is 1. The van der Waals surface area contributed by atoms with E-state index in [-0.39, 0.29) is 11.4 Å². The molecule has 0 radical (unpaired) electrons. The highest BCUT2D eigenvalue weighted by molar-refractivity contribution is 5.78. The molecule has 0 saturated heterocycles. The Morgan fingerprint density at radius 3 is 2.37 bits per heavy atom. The number of hydrogen-bond donors (Lipinski definition) is 0. The third-order valence-corrected chi connectivity index (χ3v) is 5.97. The number of rotatable bonds is 5. The second kappa shape index (κ2) is 5.10. The van der Waals surface area contributed by atoms with Crippen LogP contribution < -0.4 is 0 Å². The zero-order valence-electron chi connectivity index (χ0n) is 12.5. The van der Waals surface area contributed by atoms with E-state index in [1.807, 2.05) is 0 Å². The van der Waals surface area contributed by atoms with Gasteiger partial charge in [-0.15, -0.1) is 0 Å². The van der Waals surface area contributed by atoms with Gasteiger partial charge in [-0.3, -0.25) is 4.79 Å². The van der Waals surface area contributed by atoms with Crippen LogP contribution in [0, 0.1) is 29.1 Å². The van der Waals surface area contributed by atoms with Gasteiger partial charge in [0.1, 0.15) is 0 Å². The lowest BCUT2D eigenvalue weighted by Crippen LogP contribution is -2.56. The van der Waals surface area contributed by atoms with Gasteiger partial charge in [0.25, 0.3) is 0 Å². The molecule has 4 fully saturated rings. The minimum absolute atomic E-state index is 0.0834. The van der Waals surface area contributed by atoms with Crippen molar-refractivity contribution in [1.29, 1.82) is 0 Å². The molecule has 2 heteroatoms. The molecule has 0 aromatic carbocycles. The van der Waals surface area contributed by atoms with Crippen LogP contribution in [0.1, 0.15) is 65.2 Å². The molecule has 4 rings (SSSR count). The van der Waals surface area contributed by atoms with Crippen molar-refractivity contribution in [2.75, 3.05) is 6.61 Å². The minimum Gasteiger partial charge on any atom is -0.465 e. The number of hydrogen-bond acceptors (Lipinski definition) is 2. The molecule has 4 aliphatic carbocycles. The van der Waals surface area contributed by atoms with E-state index in [4.69, 9.17) is 4.74 Å². The maximum absolute atomic E-state index is 12.7. The largest absolute Gasteiger partial charge is 0.465 e. The average Bonchev–Trinajstić information content (AvgIpc) is 2.39. The first-order valence-corrected chi connectivity index (χ1v) is 8.36. The molecule has 0 aliphatic heterocycles. The summed E-state index contributed by atoms with van der Waals surface area (Å²) < 4.78 is 5.61. The Balaban J connectivity index is 1.84. The normalized spacial score (nSPS) is 43.5. The molecule has 3 unspecified atom stereocenters.